The van der Waals surface area contributed by atoms with Gasteiger partial charge in [-0.1, -0.05) is 32.4 Å². The van der Waals surface area contributed by atoms with E-state index in [1.165, 1.54) is 12.5 Å². The molecule has 0 bridgehead atoms. The third kappa shape index (κ3) is 5.82. The van der Waals surface area contributed by atoms with Crippen LogP contribution >= 0.6 is 11.6 Å². The highest BCUT2D eigenvalue weighted by Crippen LogP contribution is 2.37. The molecule has 2 rings (SSSR count). The van der Waals surface area contributed by atoms with E-state index in [0.717, 1.165) is 0 Å². The lowest BCUT2D eigenvalue weighted by atomic mass is 10.2. The van der Waals surface area contributed by atoms with Gasteiger partial charge >= 0.3 is 0 Å². The lowest BCUT2D eigenvalue weighted by Gasteiger charge is -2.36. The molecule has 8 heteroatoms. The summed E-state index contributed by atoms with van der Waals surface area (Å²) in [6.07, 6.45) is 2.94. The van der Waals surface area contributed by atoms with Crippen LogP contribution in [0.15, 0.2) is 30.7 Å². The summed E-state index contributed by atoms with van der Waals surface area (Å²) in [5.74, 6) is 1.78. The van der Waals surface area contributed by atoms with Crippen LogP contribution in [0, 0.1) is 0 Å². The third-order valence-electron chi connectivity index (χ3n) is 4.59. The highest BCUT2D eigenvalue weighted by atomic mass is 35.5. The van der Waals surface area contributed by atoms with Crippen molar-refractivity contribution < 1.29 is 18.6 Å². The van der Waals surface area contributed by atoms with E-state index in [-0.39, 0.29) is 5.04 Å². The van der Waals surface area contributed by atoms with Gasteiger partial charge in [0.25, 0.3) is 5.88 Å². The monoisotopic (exact) mass is 410 g/mol. The summed E-state index contributed by atoms with van der Waals surface area (Å²) in [5.41, 5.74) is 0. The number of ether oxygens (including phenoxy) is 3. The zero-order chi connectivity index (χ0) is 20.1. The van der Waals surface area contributed by atoms with Crippen LogP contribution in [-0.4, -0.2) is 38.6 Å². The first-order chi connectivity index (χ1) is 12.6. The topological polar surface area (TPSA) is 62.7 Å². The van der Waals surface area contributed by atoms with E-state index in [4.69, 9.17) is 30.2 Å². The minimum atomic E-state index is -1.81. The fraction of sp³-hybridized carbons (Fsp3) is 0.474. The smallest absolute Gasteiger partial charge is 0.260 e. The van der Waals surface area contributed by atoms with Gasteiger partial charge in [0.05, 0.1) is 24.9 Å². The second-order valence-electron chi connectivity index (χ2n) is 7.55. The Labute approximate surface area is 166 Å². The molecule has 2 aromatic rings. The molecule has 0 amide bonds. The van der Waals surface area contributed by atoms with E-state index in [1.807, 2.05) is 0 Å². The number of halogens is 1. The van der Waals surface area contributed by atoms with Crippen LogP contribution in [-0.2, 0) is 4.43 Å². The van der Waals surface area contributed by atoms with E-state index in [2.05, 4.69) is 43.8 Å². The Morgan fingerprint density at radius 3 is 2.52 bits per heavy atom. The van der Waals surface area contributed by atoms with Gasteiger partial charge in [0.1, 0.15) is 24.4 Å². The molecular weight excluding hydrogens is 384 g/mol. The second kappa shape index (κ2) is 8.90. The molecule has 0 saturated heterocycles. The number of aromatic nitrogens is 2. The van der Waals surface area contributed by atoms with Gasteiger partial charge < -0.3 is 18.6 Å². The molecular formula is C19H27ClN2O4Si. The van der Waals surface area contributed by atoms with Crippen LogP contribution in [0.25, 0.3) is 0 Å². The Balaban J connectivity index is 2.02. The molecule has 1 aromatic heterocycles. The highest BCUT2D eigenvalue weighted by molar-refractivity contribution is 6.74. The number of hydrogen-bond acceptors (Lipinski definition) is 6. The normalized spacial score (nSPS) is 12.0. The Morgan fingerprint density at radius 1 is 1.11 bits per heavy atom. The number of nitrogens with zero attached hydrogens (tertiary/aromatic N) is 2. The van der Waals surface area contributed by atoms with E-state index >= 15 is 0 Å². The second-order valence-corrected chi connectivity index (χ2v) is 12.8. The molecule has 1 heterocycles. The van der Waals surface area contributed by atoms with Gasteiger partial charge in [-0.3, -0.25) is 0 Å². The van der Waals surface area contributed by atoms with Crippen molar-refractivity contribution in [3.63, 3.8) is 0 Å². The number of methoxy groups -OCH3 is 1. The Kier molecular flexibility index (Phi) is 7.08. The summed E-state index contributed by atoms with van der Waals surface area (Å²) in [4.78, 5) is 8.15. The maximum atomic E-state index is 6.20. The molecule has 27 heavy (non-hydrogen) atoms. The third-order valence-corrected chi connectivity index (χ3v) is 9.44. The zero-order valence-electron chi connectivity index (χ0n) is 16.7. The van der Waals surface area contributed by atoms with Crippen molar-refractivity contribution in [1.29, 1.82) is 0 Å². The summed E-state index contributed by atoms with van der Waals surface area (Å²) in [6, 6.07) is 5.15. The van der Waals surface area contributed by atoms with Crippen LogP contribution in [0.3, 0.4) is 0 Å². The van der Waals surface area contributed by atoms with Crippen molar-refractivity contribution in [2.45, 2.75) is 38.9 Å². The molecule has 0 saturated carbocycles. The first-order valence-electron chi connectivity index (χ1n) is 8.72. The average molecular weight is 411 g/mol. The number of hydrogen-bond donors (Lipinski definition) is 0. The Bertz CT molecular complexity index is 766. The molecule has 0 N–H and O–H groups in total. The summed E-state index contributed by atoms with van der Waals surface area (Å²) >= 11 is 6.20. The molecule has 1 aromatic carbocycles. The van der Waals surface area contributed by atoms with Crippen molar-refractivity contribution in [2.75, 3.05) is 20.3 Å². The first-order valence-corrected chi connectivity index (χ1v) is 12.0. The molecule has 0 spiro atoms. The molecule has 0 aliphatic heterocycles. The Hall–Kier alpha value is -1.83. The minimum Gasteiger partial charge on any atom is -0.497 e. The van der Waals surface area contributed by atoms with E-state index in [9.17, 15) is 0 Å². The summed E-state index contributed by atoms with van der Waals surface area (Å²) in [5, 5.41) is 0.603. The fourth-order valence-corrected chi connectivity index (χ4v) is 3.13. The fourth-order valence-electron chi connectivity index (χ4n) is 1.94. The lowest BCUT2D eigenvalue weighted by Crippen LogP contribution is -2.41. The highest BCUT2D eigenvalue weighted by Gasteiger charge is 2.36. The largest absolute Gasteiger partial charge is 0.497 e. The standard InChI is InChI=1S/C19H27ClN2O4Si/c1-19(2,3)27(5,6)25-10-9-24-18-17(12-21-13-22-18)26-16-11-14(23-4)7-8-15(16)20/h7-8,11-13H,9-10H2,1-6H3. The van der Waals surface area contributed by atoms with Gasteiger partial charge in [0.2, 0.25) is 5.75 Å². The van der Waals surface area contributed by atoms with Gasteiger partial charge in [0.15, 0.2) is 8.32 Å². The molecule has 0 unspecified atom stereocenters. The van der Waals surface area contributed by atoms with Crippen LogP contribution < -0.4 is 14.2 Å². The predicted octanol–water partition coefficient (Wildman–Crippen LogP) is 5.33. The molecule has 6 nitrogen and oxygen atoms in total. The van der Waals surface area contributed by atoms with Gasteiger partial charge in [-0.05, 0) is 30.3 Å². The van der Waals surface area contributed by atoms with Crippen molar-refractivity contribution in [3.05, 3.63) is 35.7 Å². The van der Waals surface area contributed by atoms with Gasteiger partial charge in [-0.15, -0.1) is 0 Å². The maximum Gasteiger partial charge on any atom is 0.260 e. The number of benzene rings is 1. The van der Waals surface area contributed by atoms with Crippen molar-refractivity contribution in [2.24, 2.45) is 0 Å². The SMILES string of the molecule is COc1ccc(Cl)c(Oc2cncnc2OCCO[Si](C)(C)C(C)(C)C)c1. The molecule has 0 atom stereocenters. The van der Waals surface area contributed by atoms with Gasteiger partial charge in [-0.25, -0.2) is 4.98 Å². The predicted molar refractivity (Wildman–Crippen MR) is 109 cm³/mol. The molecule has 0 fully saturated rings. The maximum absolute atomic E-state index is 6.20. The summed E-state index contributed by atoms with van der Waals surface area (Å²) in [7, 11) is -0.232. The van der Waals surface area contributed by atoms with Crippen molar-refractivity contribution in [3.8, 4) is 23.1 Å². The average Bonchev–Trinajstić information content (AvgIpc) is 2.61. The lowest BCUT2D eigenvalue weighted by molar-refractivity contribution is 0.195. The zero-order valence-corrected chi connectivity index (χ0v) is 18.5. The summed E-state index contributed by atoms with van der Waals surface area (Å²) in [6.45, 7) is 11.9. The van der Waals surface area contributed by atoms with E-state index < -0.39 is 8.32 Å². The van der Waals surface area contributed by atoms with Crippen LogP contribution in [0.2, 0.25) is 23.2 Å². The molecule has 0 aliphatic rings. The molecule has 148 valence electrons. The van der Waals surface area contributed by atoms with Crippen LogP contribution in [0.5, 0.6) is 23.1 Å². The molecule has 0 radical (unpaired) electrons. The quantitative estimate of drug-likeness (QED) is 0.432. The van der Waals surface area contributed by atoms with E-state index in [0.29, 0.717) is 41.4 Å². The Morgan fingerprint density at radius 2 is 1.85 bits per heavy atom. The van der Waals surface area contributed by atoms with Crippen molar-refractivity contribution in [1.82, 2.24) is 9.97 Å². The van der Waals surface area contributed by atoms with Gasteiger partial charge in [-0.2, -0.15) is 4.98 Å². The molecule has 0 aliphatic carbocycles. The van der Waals surface area contributed by atoms with E-state index in [1.54, 1.807) is 25.3 Å². The number of rotatable bonds is 8. The van der Waals surface area contributed by atoms with Crippen molar-refractivity contribution >= 4 is 19.9 Å². The van der Waals surface area contributed by atoms with Gasteiger partial charge in [0, 0.05) is 6.07 Å². The minimum absolute atomic E-state index is 0.152. The summed E-state index contributed by atoms with van der Waals surface area (Å²) < 4.78 is 22.9. The van der Waals surface area contributed by atoms with Crippen LogP contribution in [0.4, 0.5) is 0 Å². The first kappa shape index (κ1) is 21.5. The van der Waals surface area contributed by atoms with Crippen LogP contribution in [0.1, 0.15) is 20.8 Å².